The maximum Gasteiger partial charge on any atom is 0.280 e. The summed E-state index contributed by atoms with van der Waals surface area (Å²) in [5.41, 5.74) is -0.521. The van der Waals surface area contributed by atoms with Gasteiger partial charge in [-0.15, -0.1) is 0 Å². The number of hydrogen-bond donors (Lipinski definition) is 5. The Morgan fingerprint density at radius 3 is 2.76 bits per heavy atom. The third-order valence-electron chi connectivity index (χ3n) is 3.99. The molecule has 1 aliphatic heterocycles. The van der Waals surface area contributed by atoms with Crippen LogP contribution in [0.1, 0.15) is 20.1 Å². The summed E-state index contributed by atoms with van der Waals surface area (Å²) in [4.78, 5) is 34.4. The van der Waals surface area contributed by atoms with Gasteiger partial charge in [-0.05, 0) is 0 Å². The van der Waals surface area contributed by atoms with Crippen LogP contribution in [0.25, 0.3) is 11.2 Å². The summed E-state index contributed by atoms with van der Waals surface area (Å²) in [6.45, 7) is 2.90. The molecule has 3 heterocycles. The summed E-state index contributed by atoms with van der Waals surface area (Å²) < 4.78 is 6.70. The smallest absolute Gasteiger partial charge is 0.280 e. The first-order valence-electron chi connectivity index (χ1n) is 7.73. The Morgan fingerprint density at radius 1 is 1.44 bits per heavy atom. The van der Waals surface area contributed by atoms with Crippen LogP contribution < -0.4 is 10.9 Å². The lowest BCUT2D eigenvalue weighted by Crippen LogP contribution is -2.33. The molecule has 3 rings (SSSR count). The molecule has 5 N–H and O–H groups in total. The van der Waals surface area contributed by atoms with Crippen molar-refractivity contribution >= 4 is 23.0 Å². The maximum absolute atomic E-state index is 12.1. The Balaban J connectivity index is 2.01. The SMILES string of the molecule is CC(C)C(=O)Nc1nc2c(ncn2[C@@H]2O[C@H](CO)[C@@H](O)C2O)c(=O)[nH]1. The van der Waals surface area contributed by atoms with Gasteiger partial charge in [0.05, 0.1) is 12.9 Å². The van der Waals surface area contributed by atoms with E-state index < -0.39 is 36.7 Å². The van der Waals surface area contributed by atoms with Crippen LogP contribution in [-0.2, 0) is 9.53 Å². The van der Waals surface area contributed by atoms with E-state index in [1.54, 1.807) is 13.8 Å². The molecular formula is C14H19N5O6. The van der Waals surface area contributed by atoms with Crippen LogP contribution in [0, 0.1) is 5.92 Å². The Labute approximate surface area is 141 Å². The molecule has 1 fully saturated rings. The van der Waals surface area contributed by atoms with Crippen LogP contribution in [0.15, 0.2) is 11.1 Å². The highest BCUT2D eigenvalue weighted by atomic mass is 16.6. The van der Waals surface area contributed by atoms with Crippen molar-refractivity contribution < 1.29 is 24.9 Å². The van der Waals surface area contributed by atoms with Crippen molar-refractivity contribution in [1.82, 2.24) is 19.5 Å². The van der Waals surface area contributed by atoms with Crippen molar-refractivity contribution in [1.29, 1.82) is 0 Å². The number of aromatic amines is 1. The number of nitrogens with zero attached hydrogens (tertiary/aromatic N) is 3. The molecule has 25 heavy (non-hydrogen) atoms. The number of aliphatic hydroxyl groups is 3. The Bertz CT molecular complexity index is 846. The van der Waals surface area contributed by atoms with Crippen molar-refractivity contribution in [3.8, 4) is 0 Å². The highest BCUT2D eigenvalue weighted by Crippen LogP contribution is 2.30. The van der Waals surface area contributed by atoms with Gasteiger partial charge < -0.3 is 20.1 Å². The fourth-order valence-electron chi connectivity index (χ4n) is 2.54. The van der Waals surface area contributed by atoms with E-state index in [4.69, 9.17) is 4.74 Å². The van der Waals surface area contributed by atoms with Gasteiger partial charge in [0.25, 0.3) is 5.56 Å². The average molecular weight is 353 g/mol. The number of rotatable bonds is 4. The van der Waals surface area contributed by atoms with Crippen LogP contribution in [0.5, 0.6) is 0 Å². The minimum absolute atomic E-state index is 0.0136. The first-order chi connectivity index (χ1) is 11.8. The van der Waals surface area contributed by atoms with Crippen molar-refractivity contribution in [3.63, 3.8) is 0 Å². The van der Waals surface area contributed by atoms with Crippen LogP contribution in [0.3, 0.4) is 0 Å². The van der Waals surface area contributed by atoms with Gasteiger partial charge >= 0.3 is 0 Å². The molecule has 0 radical (unpaired) electrons. The Hall–Kier alpha value is -2.34. The molecule has 0 aromatic carbocycles. The minimum atomic E-state index is -1.34. The highest BCUT2D eigenvalue weighted by Gasteiger charge is 2.44. The Morgan fingerprint density at radius 2 is 2.16 bits per heavy atom. The molecule has 11 nitrogen and oxygen atoms in total. The number of amides is 1. The first kappa shape index (κ1) is 17.5. The van der Waals surface area contributed by atoms with Gasteiger partial charge in [0, 0.05) is 5.92 Å². The van der Waals surface area contributed by atoms with Crippen LogP contribution in [-0.4, -0.2) is 65.7 Å². The number of hydrogen-bond acceptors (Lipinski definition) is 8. The number of ether oxygens (including phenoxy) is 1. The largest absolute Gasteiger partial charge is 0.394 e. The number of aromatic nitrogens is 4. The van der Waals surface area contributed by atoms with Gasteiger partial charge in [-0.2, -0.15) is 4.98 Å². The number of carbonyl (C=O) groups excluding carboxylic acids is 1. The number of anilines is 1. The van der Waals surface area contributed by atoms with Gasteiger partial charge in [0.15, 0.2) is 17.4 Å². The zero-order valence-corrected chi connectivity index (χ0v) is 13.6. The summed E-state index contributed by atoms with van der Waals surface area (Å²) in [6.07, 6.45) is -3.46. The van der Waals surface area contributed by atoms with E-state index in [1.807, 2.05) is 0 Å². The molecule has 0 spiro atoms. The van der Waals surface area contributed by atoms with E-state index in [9.17, 15) is 24.9 Å². The molecular weight excluding hydrogens is 334 g/mol. The van der Waals surface area contributed by atoms with E-state index in [1.165, 1.54) is 10.9 Å². The van der Waals surface area contributed by atoms with Gasteiger partial charge in [-0.25, -0.2) is 4.98 Å². The van der Waals surface area contributed by atoms with Crippen molar-refractivity contribution in [3.05, 3.63) is 16.7 Å². The van der Waals surface area contributed by atoms with Gasteiger partial charge in [-0.1, -0.05) is 13.8 Å². The van der Waals surface area contributed by atoms with Crippen molar-refractivity contribution in [2.45, 2.75) is 38.4 Å². The molecule has 0 saturated carbocycles. The zero-order chi connectivity index (χ0) is 18.3. The summed E-state index contributed by atoms with van der Waals surface area (Å²) in [7, 11) is 0. The predicted octanol–water partition coefficient (Wildman–Crippen LogP) is -1.67. The van der Waals surface area contributed by atoms with Crippen LogP contribution in [0.2, 0.25) is 0 Å². The van der Waals surface area contributed by atoms with Crippen LogP contribution >= 0.6 is 0 Å². The third-order valence-corrected chi connectivity index (χ3v) is 3.99. The number of fused-ring (bicyclic) bond motifs is 1. The minimum Gasteiger partial charge on any atom is -0.394 e. The van der Waals surface area contributed by atoms with E-state index in [-0.39, 0.29) is 28.9 Å². The lowest BCUT2D eigenvalue weighted by Gasteiger charge is -2.16. The second kappa shape index (κ2) is 6.52. The quantitative estimate of drug-likeness (QED) is 0.435. The lowest BCUT2D eigenvalue weighted by molar-refractivity contribution is -0.118. The average Bonchev–Trinajstić information content (AvgIpc) is 3.10. The van der Waals surface area contributed by atoms with Gasteiger partial charge in [-0.3, -0.25) is 24.5 Å². The molecule has 1 aliphatic rings. The van der Waals surface area contributed by atoms with E-state index >= 15 is 0 Å². The summed E-state index contributed by atoms with van der Waals surface area (Å²) in [5.74, 6) is -0.711. The van der Waals surface area contributed by atoms with Crippen LogP contribution in [0.4, 0.5) is 5.95 Å². The van der Waals surface area contributed by atoms with Crippen molar-refractivity contribution in [2.24, 2.45) is 5.92 Å². The lowest BCUT2D eigenvalue weighted by atomic mass is 10.1. The fraction of sp³-hybridized carbons (Fsp3) is 0.571. The predicted molar refractivity (Wildman–Crippen MR) is 84.6 cm³/mol. The third kappa shape index (κ3) is 3.02. The molecule has 4 atom stereocenters. The standard InChI is InChI=1S/C14H19N5O6/c1-5(2)11(23)17-14-16-10-7(12(24)18-14)15-4-19(10)13-9(22)8(21)6(3-20)25-13/h4-6,8-9,13,20-22H,3H2,1-2H3,(H2,16,17,18,23,24)/t6-,8-,9?,13-/m1/s1. The zero-order valence-electron chi connectivity index (χ0n) is 13.6. The first-order valence-corrected chi connectivity index (χ1v) is 7.73. The summed E-state index contributed by atoms with van der Waals surface area (Å²) in [6, 6.07) is 0. The summed E-state index contributed by atoms with van der Waals surface area (Å²) in [5, 5.41) is 31.7. The normalized spacial score (nSPS) is 26.5. The van der Waals surface area contributed by atoms with Gasteiger partial charge in [0.2, 0.25) is 11.9 Å². The second-order valence-electron chi connectivity index (χ2n) is 6.11. The molecule has 1 unspecified atom stereocenters. The number of aliphatic hydroxyl groups excluding tert-OH is 3. The molecule has 0 aliphatic carbocycles. The molecule has 1 amide bonds. The molecule has 1 saturated heterocycles. The fourth-order valence-corrected chi connectivity index (χ4v) is 2.54. The van der Waals surface area contributed by atoms with E-state index in [2.05, 4.69) is 20.3 Å². The molecule has 2 aromatic heterocycles. The molecule has 136 valence electrons. The molecule has 11 heteroatoms. The highest BCUT2D eigenvalue weighted by molar-refractivity contribution is 5.91. The molecule has 2 aromatic rings. The monoisotopic (exact) mass is 353 g/mol. The van der Waals surface area contributed by atoms with Crippen molar-refractivity contribution in [2.75, 3.05) is 11.9 Å². The number of H-pyrrole nitrogens is 1. The topological polar surface area (TPSA) is 163 Å². The molecule has 0 bridgehead atoms. The van der Waals surface area contributed by atoms with E-state index in [0.717, 1.165) is 0 Å². The number of nitrogens with one attached hydrogen (secondary N) is 2. The second-order valence-corrected chi connectivity index (χ2v) is 6.11. The maximum atomic E-state index is 12.1. The Kier molecular flexibility index (Phi) is 4.56. The van der Waals surface area contributed by atoms with Gasteiger partial charge in [0.1, 0.15) is 18.3 Å². The number of imidazole rings is 1. The van der Waals surface area contributed by atoms with E-state index in [0.29, 0.717) is 0 Å². The number of carbonyl (C=O) groups is 1. The summed E-state index contributed by atoms with van der Waals surface area (Å²) >= 11 is 0.